The van der Waals surface area contributed by atoms with Crippen LogP contribution >= 0.6 is 0 Å². The van der Waals surface area contributed by atoms with Gasteiger partial charge in [-0.3, -0.25) is 0 Å². The van der Waals surface area contributed by atoms with E-state index < -0.39 is 0 Å². The van der Waals surface area contributed by atoms with E-state index in [0.29, 0.717) is 17.7 Å². The summed E-state index contributed by atoms with van der Waals surface area (Å²) in [6, 6.07) is 8.61. The van der Waals surface area contributed by atoms with Gasteiger partial charge in [-0.2, -0.15) is 0 Å². The molecule has 1 aliphatic carbocycles. The fourth-order valence-corrected chi connectivity index (χ4v) is 2.80. The maximum Gasteiger partial charge on any atom is 0.169 e. The molecular weight excluding hydrogens is 224 g/mol. The zero-order valence-corrected chi connectivity index (χ0v) is 10.8. The smallest absolute Gasteiger partial charge is 0.169 e. The molecule has 0 fully saturated rings. The molecule has 1 atom stereocenters. The molecule has 0 amide bonds. The first-order valence-electron chi connectivity index (χ1n) is 6.43. The normalized spacial score (nSPS) is 17.6. The van der Waals surface area contributed by atoms with Gasteiger partial charge in [0.2, 0.25) is 0 Å². The number of fused-ring (bicyclic) bond motifs is 1. The van der Waals surface area contributed by atoms with Gasteiger partial charge in [0.05, 0.1) is 12.2 Å². The molecule has 94 valence electrons. The maximum absolute atomic E-state index is 5.88. The molecular formula is C14H18N4. The predicted molar refractivity (Wildman–Crippen MR) is 71.4 cm³/mol. The number of aromatic nitrogens is 3. The standard InChI is InChI=1S/C14H18N4/c1-9(2)13-14(15)16-17-18(13)8-11-7-10-5-3-4-6-12(10)11/h3-6,9,11H,7-8,15H2,1-2H3. The van der Waals surface area contributed by atoms with Crippen LogP contribution in [0.15, 0.2) is 24.3 Å². The van der Waals surface area contributed by atoms with Crippen LogP contribution in [0.25, 0.3) is 0 Å². The molecule has 0 aliphatic heterocycles. The minimum absolute atomic E-state index is 0.357. The van der Waals surface area contributed by atoms with Gasteiger partial charge in [0.1, 0.15) is 0 Å². The van der Waals surface area contributed by atoms with Crippen molar-refractivity contribution in [2.75, 3.05) is 5.73 Å². The second kappa shape index (κ2) is 4.12. The molecule has 4 heteroatoms. The largest absolute Gasteiger partial charge is 0.381 e. The fraction of sp³-hybridized carbons (Fsp3) is 0.429. The van der Waals surface area contributed by atoms with Crippen molar-refractivity contribution in [1.29, 1.82) is 0 Å². The summed E-state index contributed by atoms with van der Waals surface area (Å²) >= 11 is 0. The van der Waals surface area contributed by atoms with Gasteiger partial charge in [0.15, 0.2) is 5.82 Å². The van der Waals surface area contributed by atoms with Crippen LogP contribution in [0.5, 0.6) is 0 Å². The second-order valence-electron chi connectivity index (χ2n) is 5.30. The molecule has 18 heavy (non-hydrogen) atoms. The van der Waals surface area contributed by atoms with E-state index >= 15 is 0 Å². The molecule has 0 bridgehead atoms. The summed E-state index contributed by atoms with van der Waals surface area (Å²) in [4.78, 5) is 0. The first kappa shape index (κ1) is 11.3. The molecule has 4 nitrogen and oxygen atoms in total. The third-order valence-corrected chi connectivity index (χ3v) is 3.70. The van der Waals surface area contributed by atoms with Crippen LogP contribution in [-0.2, 0) is 13.0 Å². The lowest BCUT2D eigenvalue weighted by molar-refractivity contribution is 0.448. The van der Waals surface area contributed by atoms with Gasteiger partial charge in [0, 0.05) is 5.92 Å². The Kier molecular flexibility index (Phi) is 2.58. The van der Waals surface area contributed by atoms with Crippen molar-refractivity contribution in [3.8, 4) is 0 Å². The van der Waals surface area contributed by atoms with E-state index in [1.807, 2.05) is 4.68 Å². The lowest BCUT2D eigenvalue weighted by Crippen LogP contribution is -2.23. The second-order valence-corrected chi connectivity index (χ2v) is 5.30. The molecule has 0 radical (unpaired) electrons. The van der Waals surface area contributed by atoms with Gasteiger partial charge >= 0.3 is 0 Å². The van der Waals surface area contributed by atoms with Crippen LogP contribution in [0.2, 0.25) is 0 Å². The average molecular weight is 242 g/mol. The Morgan fingerprint density at radius 2 is 2.17 bits per heavy atom. The summed E-state index contributed by atoms with van der Waals surface area (Å²) < 4.78 is 1.97. The summed E-state index contributed by atoms with van der Waals surface area (Å²) in [5, 5.41) is 8.17. The van der Waals surface area contributed by atoms with E-state index in [-0.39, 0.29) is 0 Å². The monoisotopic (exact) mass is 242 g/mol. The third-order valence-electron chi connectivity index (χ3n) is 3.70. The van der Waals surface area contributed by atoms with Crippen LogP contribution in [-0.4, -0.2) is 15.0 Å². The molecule has 1 unspecified atom stereocenters. The van der Waals surface area contributed by atoms with Crippen molar-refractivity contribution in [2.24, 2.45) is 0 Å². The molecule has 0 spiro atoms. The van der Waals surface area contributed by atoms with Gasteiger partial charge in [-0.05, 0) is 23.5 Å². The van der Waals surface area contributed by atoms with Crippen molar-refractivity contribution in [3.63, 3.8) is 0 Å². The molecule has 2 aromatic rings. The Hall–Kier alpha value is -1.84. The van der Waals surface area contributed by atoms with E-state index in [2.05, 4.69) is 48.4 Å². The highest BCUT2D eigenvalue weighted by molar-refractivity contribution is 5.40. The van der Waals surface area contributed by atoms with E-state index in [4.69, 9.17) is 5.73 Å². The number of hydrogen-bond donors (Lipinski definition) is 1. The highest BCUT2D eigenvalue weighted by Crippen LogP contribution is 2.36. The van der Waals surface area contributed by atoms with E-state index in [9.17, 15) is 0 Å². The third kappa shape index (κ3) is 1.68. The quantitative estimate of drug-likeness (QED) is 0.898. The van der Waals surface area contributed by atoms with Crippen LogP contribution < -0.4 is 5.73 Å². The Balaban J connectivity index is 1.84. The van der Waals surface area contributed by atoms with Crippen LogP contribution in [0.1, 0.15) is 42.5 Å². The van der Waals surface area contributed by atoms with Gasteiger partial charge in [-0.25, -0.2) is 4.68 Å². The van der Waals surface area contributed by atoms with E-state index in [1.54, 1.807) is 0 Å². The first-order valence-corrected chi connectivity index (χ1v) is 6.43. The zero-order chi connectivity index (χ0) is 12.7. The van der Waals surface area contributed by atoms with Gasteiger partial charge < -0.3 is 5.73 Å². The average Bonchev–Trinajstić information content (AvgIpc) is 2.67. The van der Waals surface area contributed by atoms with Crippen LogP contribution in [0, 0.1) is 0 Å². The van der Waals surface area contributed by atoms with Gasteiger partial charge in [-0.1, -0.05) is 43.3 Å². The number of benzene rings is 1. The summed E-state index contributed by atoms with van der Waals surface area (Å²) in [7, 11) is 0. The number of nitrogens with two attached hydrogens (primary N) is 1. The van der Waals surface area contributed by atoms with Crippen LogP contribution in [0.3, 0.4) is 0 Å². The Morgan fingerprint density at radius 3 is 2.89 bits per heavy atom. The van der Waals surface area contributed by atoms with Crippen molar-refractivity contribution in [1.82, 2.24) is 15.0 Å². The number of nitrogen functional groups attached to an aromatic ring is 1. The Morgan fingerprint density at radius 1 is 1.39 bits per heavy atom. The molecule has 1 aromatic heterocycles. The minimum Gasteiger partial charge on any atom is -0.381 e. The van der Waals surface area contributed by atoms with Gasteiger partial charge in [0.25, 0.3) is 0 Å². The summed E-state index contributed by atoms with van der Waals surface area (Å²) in [6.45, 7) is 5.13. The number of rotatable bonds is 3. The fourth-order valence-electron chi connectivity index (χ4n) is 2.80. The molecule has 1 aliphatic rings. The Bertz CT molecular complexity index is 571. The van der Waals surface area contributed by atoms with Crippen molar-refractivity contribution in [3.05, 3.63) is 41.1 Å². The number of anilines is 1. The number of hydrogen-bond acceptors (Lipinski definition) is 3. The lowest BCUT2D eigenvalue weighted by atomic mass is 9.77. The van der Waals surface area contributed by atoms with Crippen LogP contribution in [0.4, 0.5) is 5.82 Å². The highest BCUT2D eigenvalue weighted by atomic mass is 15.4. The summed E-state index contributed by atoms with van der Waals surface area (Å²) in [6.07, 6.45) is 1.13. The van der Waals surface area contributed by atoms with Crippen molar-refractivity contribution < 1.29 is 0 Å². The van der Waals surface area contributed by atoms with Crippen molar-refractivity contribution in [2.45, 2.75) is 38.6 Å². The minimum atomic E-state index is 0.357. The Labute approximate surface area is 107 Å². The molecule has 0 saturated heterocycles. The molecule has 0 saturated carbocycles. The molecule has 3 rings (SSSR count). The van der Waals surface area contributed by atoms with E-state index in [1.165, 1.54) is 11.1 Å². The maximum atomic E-state index is 5.88. The van der Waals surface area contributed by atoms with Crippen molar-refractivity contribution >= 4 is 5.82 Å². The van der Waals surface area contributed by atoms with Gasteiger partial charge in [-0.15, -0.1) is 5.10 Å². The molecule has 1 aromatic carbocycles. The SMILES string of the molecule is CC(C)c1c(N)nnn1CC1Cc2ccccc21. The molecule has 2 N–H and O–H groups in total. The van der Waals surface area contributed by atoms with E-state index in [0.717, 1.165) is 18.7 Å². The predicted octanol–water partition coefficient (Wildman–Crippen LogP) is 2.32. The summed E-state index contributed by atoms with van der Waals surface area (Å²) in [5.74, 6) is 1.48. The zero-order valence-electron chi connectivity index (χ0n) is 10.8. The molecule has 1 heterocycles. The first-order chi connectivity index (χ1) is 8.66. The highest BCUT2D eigenvalue weighted by Gasteiger charge is 2.27. The summed E-state index contributed by atoms with van der Waals surface area (Å²) in [5.41, 5.74) is 9.84. The lowest BCUT2D eigenvalue weighted by Gasteiger charge is -2.30. The number of nitrogens with zero attached hydrogens (tertiary/aromatic N) is 3. The topological polar surface area (TPSA) is 56.7 Å².